The number of rotatable bonds is 3. The highest BCUT2D eigenvalue weighted by Crippen LogP contribution is 2.34. The van der Waals surface area contributed by atoms with Crippen LogP contribution in [-0.2, 0) is 16.0 Å². The van der Waals surface area contributed by atoms with Crippen LogP contribution >= 0.6 is 0 Å². The van der Waals surface area contributed by atoms with Crippen molar-refractivity contribution in [1.82, 2.24) is 9.80 Å². The zero-order chi connectivity index (χ0) is 17.5. The predicted molar refractivity (Wildman–Crippen MR) is 79.8 cm³/mol. The van der Waals surface area contributed by atoms with Gasteiger partial charge in [0.1, 0.15) is 12.6 Å². The van der Waals surface area contributed by atoms with E-state index in [2.05, 4.69) is 0 Å². The number of amides is 2. The highest BCUT2D eigenvalue weighted by atomic mass is 19.4. The fourth-order valence-electron chi connectivity index (χ4n) is 3.64. The summed E-state index contributed by atoms with van der Waals surface area (Å²) in [5.41, 5.74) is 7.25. The number of halogens is 3. The monoisotopic (exact) mass is 341 g/mol. The third-order valence-electron chi connectivity index (χ3n) is 4.63. The molecule has 0 bridgehead atoms. The average molecular weight is 341 g/mol. The topological polar surface area (TPSA) is 66.6 Å². The summed E-state index contributed by atoms with van der Waals surface area (Å²) in [6.07, 6.45) is -3.54. The van der Waals surface area contributed by atoms with Crippen molar-refractivity contribution in [2.45, 2.75) is 31.1 Å². The fraction of sp³-hybridized carbons (Fsp3) is 0.500. The van der Waals surface area contributed by atoms with E-state index in [4.69, 9.17) is 5.73 Å². The molecule has 0 aliphatic carbocycles. The second kappa shape index (κ2) is 6.08. The van der Waals surface area contributed by atoms with E-state index < -0.39 is 36.6 Å². The van der Waals surface area contributed by atoms with Gasteiger partial charge < -0.3 is 10.6 Å². The highest BCUT2D eigenvalue weighted by molar-refractivity contribution is 5.87. The van der Waals surface area contributed by atoms with Gasteiger partial charge in [0.2, 0.25) is 11.8 Å². The maximum atomic E-state index is 12.6. The van der Waals surface area contributed by atoms with Gasteiger partial charge in [-0.3, -0.25) is 14.5 Å². The van der Waals surface area contributed by atoms with E-state index in [0.717, 1.165) is 16.0 Å². The van der Waals surface area contributed by atoms with Crippen molar-refractivity contribution >= 4 is 11.8 Å². The Morgan fingerprint density at radius 3 is 2.62 bits per heavy atom. The van der Waals surface area contributed by atoms with Gasteiger partial charge in [-0.25, -0.2) is 0 Å². The molecule has 0 radical (unpaired) electrons. The molecule has 0 aromatic heterocycles. The average Bonchev–Trinajstić information content (AvgIpc) is 2.85. The van der Waals surface area contributed by atoms with Gasteiger partial charge in [0.05, 0.1) is 6.04 Å². The lowest BCUT2D eigenvalue weighted by atomic mass is 9.90. The van der Waals surface area contributed by atoms with Crippen molar-refractivity contribution in [3.8, 4) is 0 Å². The molecular formula is C16H18F3N3O2. The molecule has 2 amide bonds. The van der Waals surface area contributed by atoms with Gasteiger partial charge >= 0.3 is 6.18 Å². The Morgan fingerprint density at radius 1 is 1.25 bits per heavy atom. The highest BCUT2D eigenvalue weighted by Gasteiger charge is 2.45. The second-order valence-corrected chi connectivity index (χ2v) is 6.17. The van der Waals surface area contributed by atoms with Crippen molar-refractivity contribution < 1.29 is 22.8 Å². The van der Waals surface area contributed by atoms with Gasteiger partial charge in [-0.1, -0.05) is 24.3 Å². The molecule has 2 aliphatic heterocycles. The van der Waals surface area contributed by atoms with Gasteiger partial charge in [-0.15, -0.1) is 0 Å². The molecule has 1 aromatic carbocycles. The molecule has 8 heteroatoms. The van der Waals surface area contributed by atoms with Crippen LogP contribution in [0.25, 0.3) is 0 Å². The minimum absolute atomic E-state index is 0.0344. The Kier molecular flexibility index (Phi) is 4.25. The summed E-state index contributed by atoms with van der Waals surface area (Å²) in [6, 6.07) is 5.80. The Labute approximate surface area is 137 Å². The molecule has 1 fully saturated rings. The van der Waals surface area contributed by atoms with E-state index in [1.54, 1.807) is 17.0 Å². The molecule has 2 aliphatic rings. The molecule has 24 heavy (non-hydrogen) atoms. The lowest BCUT2D eigenvalue weighted by Crippen LogP contribution is -2.51. The van der Waals surface area contributed by atoms with E-state index in [0.29, 0.717) is 13.0 Å². The van der Waals surface area contributed by atoms with E-state index in [1.807, 2.05) is 12.1 Å². The van der Waals surface area contributed by atoms with Crippen molar-refractivity contribution in [3.05, 3.63) is 35.4 Å². The van der Waals surface area contributed by atoms with E-state index in [-0.39, 0.29) is 13.0 Å². The van der Waals surface area contributed by atoms with Crippen molar-refractivity contribution in [3.63, 3.8) is 0 Å². The molecule has 2 heterocycles. The smallest absolute Gasteiger partial charge is 0.368 e. The minimum atomic E-state index is -4.43. The largest absolute Gasteiger partial charge is 0.406 e. The number of benzene rings is 1. The van der Waals surface area contributed by atoms with Crippen LogP contribution in [0.5, 0.6) is 0 Å². The summed E-state index contributed by atoms with van der Waals surface area (Å²) in [5, 5.41) is 0. The Balaban J connectivity index is 1.84. The number of hydrogen-bond donors (Lipinski definition) is 1. The lowest BCUT2D eigenvalue weighted by Gasteiger charge is -2.38. The molecule has 0 saturated carbocycles. The molecule has 2 N–H and O–H groups in total. The van der Waals surface area contributed by atoms with Crippen LogP contribution in [0.4, 0.5) is 13.2 Å². The third kappa shape index (κ3) is 3.10. The number of primary amides is 1. The fourth-order valence-corrected chi connectivity index (χ4v) is 3.64. The summed E-state index contributed by atoms with van der Waals surface area (Å²) >= 11 is 0. The molecular weight excluding hydrogens is 323 g/mol. The van der Waals surface area contributed by atoms with Gasteiger partial charge in [-0.2, -0.15) is 13.2 Å². The molecule has 3 rings (SSSR count). The number of nitrogens with zero attached hydrogens (tertiary/aromatic N) is 2. The Bertz CT molecular complexity index is 662. The summed E-state index contributed by atoms with van der Waals surface area (Å²) in [4.78, 5) is 26.8. The van der Waals surface area contributed by atoms with E-state index >= 15 is 0 Å². The lowest BCUT2D eigenvalue weighted by molar-refractivity contribution is -0.159. The number of nitrogens with two attached hydrogens (primary N) is 1. The van der Waals surface area contributed by atoms with Crippen LogP contribution in [-0.4, -0.2) is 53.5 Å². The summed E-state index contributed by atoms with van der Waals surface area (Å²) in [6.45, 7) is -0.804. The summed E-state index contributed by atoms with van der Waals surface area (Å²) in [7, 11) is 0. The molecule has 1 aromatic rings. The van der Waals surface area contributed by atoms with Gasteiger partial charge in [0, 0.05) is 13.1 Å². The maximum Gasteiger partial charge on any atom is 0.406 e. The predicted octanol–water partition coefficient (Wildman–Crippen LogP) is 1.23. The van der Waals surface area contributed by atoms with Crippen LogP contribution < -0.4 is 5.73 Å². The number of carbonyl (C=O) groups is 2. The zero-order valence-electron chi connectivity index (χ0n) is 12.9. The normalized spacial score (nSPS) is 25.0. The number of hydrogen-bond acceptors (Lipinski definition) is 3. The summed E-state index contributed by atoms with van der Waals surface area (Å²) < 4.78 is 37.7. The molecule has 0 spiro atoms. The van der Waals surface area contributed by atoms with E-state index in [1.165, 1.54) is 0 Å². The van der Waals surface area contributed by atoms with Crippen molar-refractivity contribution in [2.24, 2.45) is 5.73 Å². The minimum Gasteiger partial charge on any atom is -0.368 e. The number of fused-ring (bicyclic) bond motifs is 1. The number of alkyl halides is 3. The molecule has 0 unspecified atom stereocenters. The molecule has 2 atom stereocenters. The first-order valence-corrected chi connectivity index (χ1v) is 7.76. The van der Waals surface area contributed by atoms with Gasteiger partial charge in [-0.05, 0) is 24.0 Å². The first-order chi connectivity index (χ1) is 11.3. The second-order valence-electron chi connectivity index (χ2n) is 6.17. The van der Waals surface area contributed by atoms with Crippen LogP contribution in [0.2, 0.25) is 0 Å². The van der Waals surface area contributed by atoms with Crippen molar-refractivity contribution in [2.75, 3.05) is 19.6 Å². The third-order valence-corrected chi connectivity index (χ3v) is 4.63. The molecule has 1 saturated heterocycles. The zero-order valence-corrected chi connectivity index (χ0v) is 12.9. The standard InChI is InChI=1S/C16H18F3N3O2/c17-16(18,19)9-21-7-6-12(15(21)24)22-8-5-10-3-1-2-4-11(10)13(22)14(20)23/h1-4,12-13H,5-9H2,(H2,20,23)/t12-,13-/m1/s1. The SMILES string of the molecule is NC(=O)[C@H]1c2ccccc2CCN1[C@@H]1CCN(CC(F)(F)F)C1=O. The number of carbonyl (C=O) groups excluding carboxylic acids is 2. The van der Waals surface area contributed by atoms with Crippen LogP contribution in [0.3, 0.4) is 0 Å². The number of likely N-dealkylation sites (tertiary alicyclic amines) is 1. The first-order valence-electron chi connectivity index (χ1n) is 7.76. The Hall–Kier alpha value is -2.09. The Morgan fingerprint density at radius 2 is 1.96 bits per heavy atom. The van der Waals surface area contributed by atoms with Gasteiger partial charge in [0.15, 0.2) is 0 Å². The quantitative estimate of drug-likeness (QED) is 0.899. The van der Waals surface area contributed by atoms with Crippen LogP contribution in [0.1, 0.15) is 23.6 Å². The van der Waals surface area contributed by atoms with Crippen LogP contribution in [0.15, 0.2) is 24.3 Å². The van der Waals surface area contributed by atoms with Crippen LogP contribution in [0, 0.1) is 0 Å². The molecule has 5 nitrogen and oxygen atoms in total. The first kappa shape index (κ1) is 16.8. The summed E-state index contributed by atoms with van der Waals surface area (Å²) in [5.74, 6) is -1.18. The van der Waals surface area contributed by atoms with Crippen molar-refractivity contribution in [1.29, 1.82) is 0 Å². The van der Waals surface area contributed by atoms with E-state index in [9.17, 15) is 22.8 Å². The molecule has 130 valence electrons. The maximum absolute atomic E-state index is 12.6. The van der Waals surface area contributed by atoms with Gasteiger partial charge in [0.25, 0.3) is 0 Å².